The first-order valence-corrected chi connectivity index (χ1v) is 11.5. The number of nitrogens with zero attached hydrogens (tertiary/aromatic N) is 1. The number of quaternary nitrogens is 1. The molecule has 4 rings (SSSR count). The van der Waals surface area contributed by atoms with Gasteiger partial charge in [0.2, 0.25) is 11.8 Å². The fourth-order valence-electron chi connectivity index (χ4n) is 4.47. The Morgan fingerprint density at radius 3 is 2.60 bits per heavy atom. The van der Waals surface area contributed by atoms with Crippen molar-refractivity contribution in [1.82, 2.24) is 21.1 Å². The highest BCUT2D eigenvalue weighted by Gasteiger charge is 2.40. The second-order valence-corrected chi connectivity index (χ2v) is 9.13. The van der Waals surface area contributed by atoms with Crippen molar-refractivity contribution in [3.63, 3.8) is 0 Å². The van der Waals surface area contributed by atoms with E-state index < -0.39 is 41.7 Å². The number of hydrogen-bond acceptors (Lipinski definition) is 4. The van der Waals surface area contributed by atoms with Crippen LogP contribution in [0.1, 0.15) is 55.3 Å². The molecule has 2 amide bonds. The zero-order chi connectivity index (χ0) is 25.1. The average molecular weight is 489 g/mol. The van der Waals surface area contributed by atoms with E-state index in [9.17, 15) is 22.8 Å². The Kier molecular flexibility index (Phi) is 7.30. The van der Waals surface area contributed by atoms with Gasteiger partial charge in [0.25, 0.3) is 0 Å². The standard InChI is InChI=1S/C25H28F3N5O2/c1-14(2)20-7-6-16(9-21(20)28)24(15-4-3-5-17(26)8-15)30-25(35)22-10-18(27)13-33(22)23(34)11-19-12-29-32-31-19/h3-9,12,14,18,22,24,29,31-32H,10-11,13H2,1-2H3,(H,30,35)/p+1/t18-,22+,24-/m1/s1. The first kappa shape index (κ1) is 24.6. The quantitative estimate of drug-likeness (QED) is 0.449. The van der Waals surface area contributed by atoms with Gasteiger partial charge >= 0.3 is 0 Å². The molecule has 0 unspecified atom stereocenters. The van der Waals surface area contributed by atoms with Gasteiger partial charge in [-0.3, -0.25) is 9.59 Å². The minimum absolute atomic E-state index is 0.0187. The molecule has 2 aromatic carbocycles. The number of likely N-dealkylation sites (tertiary alicyclic amines) is 1. The van der Waals surface area contributed by atoms with Crippen LogP contribution in [0.2, 0.25) is 0 Å². The van der Waals surface area contributed by atoms with E-state index in [1.807, 2.05) is 13.8 Å². The monoisotopic (exact) mass is 488 g/mol. The van der Waals surface area contributed by atoms with Crippen molar-refractivity contribution >= 4 is 11.8 Å². The molecule has 0 saturated carbocycles. The first-order valence-electron chi connectivity index (χ1n) is 11.5. The lowest BCUT2D eigenvalue weighted by molar-refractivity contribution is -0.739. The molecular weight excluding hydrogens is 459 g/mol. The highest BCUT2D eigenvalue weighted by atomic mass is 19.1. The molecule has 3 atom stereocenters. The molecule has 2 aromatic rings. The summed E-state index contributed by atoms with van der Waals surface area (Å²) in [5.41, 5.74) is 9.20. The molecule has 2 aliphatic heterocycles. The van der Waals surface area contributed by atoms with Gasteiger partial charge in [0.05, 0.1) is 30.9 Å². The van der Waals surface area contributed by atoms with Crippen LogP contribution in [0.3, 0.4) is 0 Å². The fraction of sp³-hybridized carbons (Fsp3) is 0.360. The van der Waals surface area contributed by atoms with E-state index in [1.165, 1.54) is 29.2 Å². The minimum atomic E-state index is -1.35. The molecule has 2 heterocycles. The number of nitrogens with one attached hydrogen (secondary N) is 3. The van der Waals surface area contributed by atoms with Crippen molar-refractivity contribution in [2.24, 2.45) is 0 Å². The summed E-state index contributed by atoms with van der Waals surface area (Å²) in [4.78, 5) is 27.4. The van der Waals surface area contributed by atoms with Crippen LogP contribution in [0, 0.1) is 11.6 Å². The Morgan fingerprint density at radius 2 is 1.94 bits per heavy atom. The lowest BCUT2D eigenvalue weighted by atomic mass is 9.94. The Labute approximate surface area is 201 Å². The molecule has 0 aliphatic carbocycles. The molecule has 0 bridgehead atoms. The van der Waals surface area contributed by atoms with Crippen LogP contribution in [-0.4, -0.2) is 35.5 Å². The second-order valence-electron chi connectivity index (χ2n) is 9.13. The van der Waals surface area contributed by atoms with E-state index in [2.05, 4.69) is 16.2 Å². The molecule has 0 radical (unpaired) electrons. The van der Waals surface area contributed by atoms with Crippen molar-refractivity contribution in [2.45, 2.75) is 50.9 Å². The van der Waals surface area contributed by atoms with Gasteiger partial charge in [-0.15, -0.1) is 0 Å². The van der Waals surface area contributed by atoms with E-state index >= 15 is 0 Å². The van der Waals surface area contributed by atoms with Gasteiger partial charge < -0.3 is 10.2 Å². The van der Waals surface area contributed by atoms with Gasteiger partial charge in [0.1, 0.15) is 23.8 Å². The predicted octanol–water partition coefficient (Wildman–Crippen LogP) is 2.05. The zero-order valence-electron chi connectivity index (χ0n) is 19.5. The minimum Gasteiger partial charge on any atom is -0.343 e. The van der Waals surface area contributed by atoms with Crippen molar-refractivity contribution in [2.75, 3.05) is 6.54 Å². The third-order valence-corrected chi connectivity index (χ3v) is 6.26. The van der Waals surface area contributed by atoms with Gasteiger partial charge in [-0.1, -0.05) is 38.1 Å². The number of carbonyl (C=O) groups is 2. The highest BCUT2D eigenvalue weighted by Crippen LogP contribution is 2.29. The molecule has 5 N–H and O–H groups in total. The van der Waals surface area contributed by atoms with Gasteiger partial charge in [-0.05, 0) is 40.8 Å². The van der Waals surface area contributed by atoms with Crippen LogP contribution in [0.15, 0.2) is 54.4 Å². The smallest absolute Gasteiger partial charge is 0.243 e. The van der Waals surface area contributed by atoms with Crippen LogP contribution in [-0.2, 0) is 9.59 Å². The average Bonchev–Trinajstić information content (AvgIpc) is 3.46. The second kappa shape index (κ2) is 10.4. The summed E-state index contributed by atoms with van der Waals surface area (Å²) in [5, 5.41) is 2.81. The van der Waals surface area contributed by atoms with Crippen LogP contribution < -0.4 is 21.7 Å². The molecule has 10 heteroatoms. The zero-order valence-corrected chi connectivity index (χ0v) is 19.5. The summed E-state index contributed by atoms with van der Waals surface area (Å²) in [6.07, 6.45) is 0.103. The topological polar surface area (TPSA) is 90.1 Å². The number of benzene rings is 2. The summed E-state index contributed by atoms with van der Waals surface area (Å²) in [6, 6.07) is 8.39. The lowest BCUT2D eigenvalue weighted by Gasteiger charge is -2.27. The third kappa shape index (κ3) is 5.59. The van der Waals surface area contributed by atoms with Crippen LogP contribution in [0.4, 0.5) is 13.2 Å². The highest BCUT2D eigenvalue weighted by molar-refractivity contribution is 5.89. The maximum atomic E-state index is 14.8. The Hall–Kier alpha value is -3.53. The number of halogens is 3. The third-order valence-electron chi connectivity index (χ3n) is 6.26. The summed E-state index contributed by atoms with van der Waals surface area (Å²) < 4.78 is 43.2. The first-order chi connectivity index (χ1) is 16.7. The Morgan fingerprint density at radius 1 is 1.17 bits per heavy atom. The molecule has 0 aromatic heterocycles. The molecular formula is C25H29F3N5O2+. The number of hydrogen-bond donors (Lipinski definition) is 4. The number of amides is 2. The number of carbonyl (C=O) groups excluding carboxylic acids is 2. The van der Waals surface area contributed by atoms with E-state index in [1.54, 1.807) is 29.9 Å². The summed E-state index contributed by atoms with van der Waals surface area (Å²) in [6.45, 7) is 3.55. The van der Waals surface area contributed by atoms with Gasteiger partial charge in [0.15, 0.2) is 0 Å². The van der Waals surface area contributed by atoms with Crippen LogP contribution >= 0.6 is 0 Å². The van der Waals surface area contributed by atoms with E-state index in [-0.39, 0.29) is 25.3 Å². The van der Waals surface area contributed by atoms with Gasteiger partial charge in [0, 0.05) is 6.42 Å². The fourth-order valence-corrected chi connectivity index (χ4v) is 4.47. The normalized spacial score (nSPS) is 20.3. The van der Waals surface area contributed by atoms with Crippen LogP contribution in [0.25, 0.3) is 0 Å². The lowest BCUT2D eigenvalue weighted by Crippen LogP contribution is -2.96. The molecule has 186 valence electrons. The maximum Gasteiger partial charge on any atom is 0.243 e. The number of alkyl halides is 1. The van der Waals surface area contributed by atoms with Crippen molar-refractivity contribution in [3.8, 4) is 0 Å². The van der Waals surface area contributed by atoms with Crippen molar-refractivity contribution in [3.05, 3.63) is 82.7 Å². The number of nitrogens with two attached hydrogens (primary N) is 1. The number of rotatable bonds is 7. The van der Waals surface area contributed by atoms with Gasteiger partial charge in [-0.2, -0.15) is 5.53 Å². The van der Waals surface area contributed by atoms with Crippen molar-refractivity contribution in [1.29, 1.82) is 0 Å². The largest absolute Gasteiger partial charge is 0.343 e. The molecule has 1 fully saturated rings. The Balaban J connectivity index is 1.60. The van der Waals surface area contributed by atoms with E-state index in [4.69, 9.17) is 0 Å². The van der Waals surface area contributed by atoms with Crippen molar-refractivity contribution < 1.29 is 28.3 Å². The molecule has 7 nitrogen and oxygen atoms in total. The summed E-state index contributed by atoms with van der Waals surface area (Å²) >= 11 is 0. The van der Waals surface area contributed by atoms with Crippen LogP contribution in [0.5, 0.6) is 0 Å². The maximum absolute atomic E-state index is 14.8. The predicted molar refractivity (Wildman–Crippen MR) is 123 cm³/mol. The van der Waals surface area contributed by atoms with E-state index in [0.717, 1.165) is 0 Å². The molecule has 1 saturated heterocycles. The Bertz CT molecular complexity index is 1140. The summed E-state index contributed by atoms with van der Waals surface area (Å²) in [5.74, 6) is -1.96. The SMILES string of the molecule is CC(C)c1ccc([C@H](NC(=O)[C@@H]2C[C@@H](F)CN2C(=O)CC2=CN[NH2+]N2)c2cccc(F)c2)cc1F. The molecule has 2 aliphatic rings. The molecule has 35 heavy (non-hydrogen) atoms. The van der Waals surface area contributed by atoms with Gasteiger partial charge in [-0.25, -0.2) is 24.0 Å². The molecule has 0 spiro atoms. The van der Waals surface area contributed by atoms with E-state index in [0.29, 0.717) is 22.4 Å². The summed E-state index contributed by atoms with van der Waals surface area (Å²) in [7, 11) is 0.